The SMILES string of the molecule is CCC(N)(CC)C(=O)c1cccc(F)c1. The summed E-state index contributed by atoms with van der Waals surface area (Å²) < 4.78 is 12.9. The zero-order chi connectivity index (χ0) is 11.5. The molecule has 0 saturated carbocycles. The van der Waals surface area contributed by atoms with E-state index >= 15 is 0 Å². The molecule has 0 aromatic heterocycles. The van der Waals surface area contributed by atoms with Crippen LogP contribution in [0, 0.1) is 5.82 Å². The van der Waals surface area contributed by atoms with Crippen molar-refractivity contribution in [3.8, 4) is 0 Å². The van der Waals surface area contributed by atoms with Crippen LogP contribution in [0.15, 0.2) is 24.3 Å². The molecule has 0 unspecified atom stereocenters. The first kappa shape index (κ1) is 11.9. The first-order valence-electron chi connectivity index (χ1n) is 5.12. The average Bonchev–Trinajstić information content (AvgIpc) is 2.27. The van der Waals surface area contributed by atoms with Crippen LogP contribution in [0.5, 0.6) is 0 Å². The maximum absolute atomic E-state index is 12.9. The average molecular weight is 209 g/mol. The van der Waals surface area contributed by atoms with Gasteiger partial charge in [0.1, 0.15) is 5.82 Å². The summed E-state index contributed by atoms with van der Waals surface area (Å²) in [7, 11) is 0. The van der Waals surface area contributed by atoms with Gasteiger partial charge in [0.05, 0.1) is 5.54 Å². The van der Waals surface area contributed by atoms with Gasteiger partial charge in [0.15, 0.2) is 5.78 Å². The van der Waals surface area contributed by atoms with Gasteiger partial charge in [-0.15, -0.1) is 0 Å². The first-order valence-corrected chi connectivity index (χ1v) is 5.12. The lowest BCUT2D eigenvalue weighted by Crippen LogP contribution is -2.46. The fourth-order valence-electron chi connectivity index (χ4n) is 1.49. The zero-order valence-corrected chi connectivity index (χ0v) is 9.09. The quantitative estimate of drug-likeness (QED) is 0.774. The Morgan fingerprint density at radius 1 is 1.40 bits per heavy atom. The number of benzene rings is 1. The molecular weight excluding hydrogens is 193 g/mol. The number of halogens is 1. The third kappa shape index (κ3) is 2.42. The molecule has 15 heavy (non-hydrogen) atoms. The Labute approximate surface area is 89.3 Å². The summed E-state index contributed by atoms with van der Waals surface area (Å²) in [4.78, 5) is 12.0. The Bertz CT molecular complexity index is 358. The smallest absolute Gasteiger partial charge is 0.182 e. The predicted octanol–water partition coefficient (Wildman–Crippen LogP) is 2.53. The van der Waals surface area contributed by atoms with Crippen LogP contribution >= 0.6 is 0 Å². The minimum absolute atomic E-state index is 0.188. The third-order valence-corrected chi connectivity index (χ3v) is 2.80. The van der Waals surface area contributed by atoms with E-state index < -0.39 is 11.4 Å². The number of hydrogen-bond acceptors (Lipinski definition) is 2. The van der Waals surface area contributed by atoms with Crippen molar-refractivity contribution in [1.29, 1.82) is 0 Å². The van der Waals surface area contributed by atoms with Crippen molar-refractivity contribution >= 4 is 5.78 Å². The second-order valence-corrected chi connectivity index (χ2v) is 3.70. The van der Waals surface area contributed by atoms with Gasteiger partial charge in [0.25, 0.3) is 0 Å². The van der Waals surface area contributed by atoms with E-state index in [4.69, 9.17) is 5.73 Å². The lowest BCUT2D eigenvalue weighted by molar-refractivity contribution is 0.0879. The zero-order valence-electron chi connectivity index (χ0n) is 9.09. The van der Waals surface area contributed by atoms with Crippen LogP contribution in [-0.4, -0.2) is 11.3 Å². The second-order valence-electron chi connectivity index (χ2n) is 3.70. The molecule has 0 spiro atoms. The van der Waals surface area contributed by atoms with Crippen LogP contribution in [0.4, 0.5) is 4.39 Å². The molecule has 0 saturated heterocycles. The Kier molecular flexibility index (Phi) is 3.58. The number of Topliss-reactive ketones (excluding diaryl/α,β-unsaturated/α-hetero) is 1. The van der Waals surface area contributed by atoms with Crippen molar-refractivity contribution in [2.75, 3.05) is 0 Å². The van der Waals surface area contributed by atoms with Gasteiger partial charge in [-0.2, -0.15) is 0 Å². The Balaban J connectivity index is 3.03. The molecule has 2 N–H and O–H groups in total. The van der Waals surface area contributed by atoms with Crippen molar-refractivity contribution < 1.29 is 9.18 Å². The molecule has 0 aliphatic heterocycles. The molecule has 0 fully saturated rings. The fourth-order valence-corrected chi connectivity index (χ4v) is 1.49. The molecule has 82 valence electrons. The van der Waals surface area contributed by atoms with E-state index in [0.717, 1.165) is 0 Å². The molecule has 0 amide bonds. The summed E-state index contributed by atoms with van der Waals surface area (Å²) in [5.74, 6) is -0.595. The normalized spacial score (nSPS) is 11.5. The van der Waals surface area contributed by atoms with Crippen LogP contribution in [0.3, 0.4) is 0 Å². The molecule has 1 rings (SSSR count). The van der Waals surface area contributed by atoms with E-state index in [-0.39, 0.29) is 5.78 Å². The van der Waals surface area contributed by atoms with E-state index in [0.29, 0.717) is 18.4 Å². The van der Waals surface area contributed by atoms with E-state index in [2.05, 4.69) is 0 Å². The van der Waals surface area contributed by atoms with Gasteiger partial charge < -0.3 is 5.73 Å². The summed E-state index contributed by atoms with van der Waals surface area (Å²) in [6.45, 7) is 3.72. The number of hydrogen-bond donors (Lipinski definition) is 1. The molecule has 0 bridgehead atoms. The molecule has 1 aromatic rings. The van der Waals surface area contributed by atoms with Gasteiger partial charge in [-0.1, -0.05) is 26.0 Å². The van der Waals surface area contributed by atoms with Gasteiger partial charge in [-0.25, -0.2) is 4.39 Å². The minimum atomic E-state index is -0.867. The van der Waals surface area contributed by atoms with E-state index in [9.17, 15) is 9.18 Å². The minimum Gasteiger partial charge on any atom is -0.319 e. The van der Waals surface area contributed by atoms with Crippen LogP contribution in [0.25, 0.3) is 0 Å². The molecule has 1 aromatic carbocycles. The van der Waals surface area contributed by atoms with Gasteiger partial charge >= 0.3 is 0 Å². The maximum atomic E-state index is 12.9. The highest BCUT2D eigenvalue weighted by Gasteiger charge is 2.30. The third-order valence-electron chi connectivity index (χ3n) is 2.80. The van der Waals surface area contributed by atoms with E-state index in [1.54, 1.807) is 6.07 Å². The van der Waals surface area contributed by atoms with Crippen LogP contribution < -0.4 is 5.73 Å². The monoisotopic (exact) mass is 209 g/mol. The second kappa shape index (κ2) is 4.53. The van der Waals surface area contributed by atoms with Gasteiger partial charge in [0.2, 0.25) is 0 Å². The standard InChI is InChI=1S/C12H16FNO/c1-3-12(14,4-2)11(15)9-6-5-7-10(13)8-9/h5-8H,3-4,14H2,1-2H3. The maximum Gasteiger partial charge on any atom is 0.182 e. The van der Waals surface area contributed by atoms with Gasteiger partial charge in [0, 0.05) is 5.56 Å². The fraction of sp³-hybridized carbons (Fsp3) is 0.417. The largest absolute Gasteiger partial charge is 0.319 e. The number of nitrogens with two attached hydrogens (primary N) is 1. The topological polar surface area (TPSA) is 43.1 Å². The number of carbonyl (C=O) groups is 1. The van der Waals surface area contributed by atoms with Gasteiger partial charge in [-0.3, -0.25) is 4.79 Å². The summed E-state index contributed by atoms with van der Waals surface area (Å²) >= 11 is 0. The van der Waals surface area contributed by atoms with Crippen LogP contribution in [0.2, 0.25) is 0 Å². The lowest BCUT2D eigenvalue weighted by Gasteiger charge is -2.24. The Hall–Kier alpha value is -1.22. The summed E-state index contributed by atoms with van der Waals surface area (Å²) in [6.07, 6.45) is 1.11. The highest BCUT2D eigenvalue weighted by atomic mass is 19.1. The van der Waals surface area contributed by atoms with Crippen molar-refractivity contribution in [2.24, 2.45) is 5.73 Å². The summed E-state index contributed by atoms with van der Waals surface area (Å²) in [6, 6.07) is 5.66. The number of carbonyl (C=O) groups excluding carboxylic acids is 1. The molecule has 0 radical (unpaired) electrons. The number of rotatable bonds is 4. The lowest BCUT2D eigenvalue weighted by atomic mass is 9.85. The number of ketones is 1. The Morgan fingerprint density at radius 3 is 2.47 bits per heavy atom. The van der Waals surface area contributed by atoms with Crippen molar-refractivity contribution in [3.05, 3.63) is 35.6 Å². The summed E-state index contributed by atoms with van der Waals surface area (Å²) in [5, 5.41) is 0. The summed E-state index contributed by atoms with van der Waals surface area (Å²) in [5.41, 5.74) is 5.43. The van der Waals surface area contributed by atoms with Gasteiger partial charge in [-0.05, 0) is 25.0 Å². The molecular formula is C12H16FNO. The first-order chi connectivity index (χ1) is 7.03. The molecule has 0 heterocycles. The van der Waals surface area contributed by atoms with Crippen molar-refractivity contribution in [2.45, 2.75) is 32.2 Å². The molecule has 0 atom stereocenters. The van der Waals surface area contributed by atoms with E-state index in [1.807, 2.05) is 13.8 Å². The van der Waals surface area contributed by atoms with Crippen molar-refractivity contribution in [3.63, 3.8) is 0 Å². The molecule has 0 aliphatic rings. The molecule has 3 heteroatoms. The highest BCUT2D eigenvalue weighted by Crippen LogP contribution is 2.18. The molecule has 2 nitrogen and oxygen atoms in total. The van der Waals surface area contributed by atoms with E-state index in [1.165, 1.54) is 18.2 Å². The van der Waals surface area contributed by atoms with Crippen molar-refractivity contribution in [1.82, 2.24) is 0 Å². The Morgan fingerprint density at radius 2 is 2.00 bits per heavy atom. The molecule has 0 aliphatic carbocycles. The van der Waals surface area contributed by atoms with Crippen LogP contribution in [0.1, 0.15) is 37.0 Å². The van der Waals surface area contributed by atoms with Crippen LogP contribution in [-0.2, 0) is 0 Å². The highest BCUT2D eigenvalue weighted by molar-refractivity contribution is 6.03. The predicted molar refractivity (Wildman–Crippen MR) is 58.2 cm³/mol.